The number of para-hydroxylation sites is 2. The van der Waals surface area contributed by atoms with E-state index in [0.29, 0.717) is 17.5 Å². The Balaban J connectivity index is 1.22. The van der Waals surface area contributed by atoms with Crippen LogP contribution in [0.2, 0.25) is 0 Å². The Morgan fingerprint density at radius 3 is 0.973 bits per heavy atom. The maximum atomic E-state index is 5.66. The van der Waals surface area contributed by atoms with Gasteiger partial charge in [0.25, 0.3) is 6.71 Å². The topological polar surface area (TPSA) is 45.2 Å². The van der Waals surface area contributed by atoms with E-state index in [1.165, 1.54) is 60.2 Å². The van der Waals surface area contributed by atoms with Crippen LogP contribution in [0.3, 0.4) is 0 Å². The third-order valence-electron chi connectivity index (χ3n) is 15.6. The molecule has 9 aromatic carbocycles. The van der Waals surface area contributed by atoms with E-state index >= 15 is 0 Å². The van der Waals surface area contributed by atoms with Crippen molar-refractivity contribution in [1.29, 1.82) is 0 Å². The maximum absolute atomic E-state index is 5.66. The first-order chi connectivity index (χ1) is 35.7. The molecule has 10 aromatic rings. The smallest absolute Gasteiger partial charge is 0.253 e. The van der Waals surface area contributed by atoms with Gasteiger partial charge in [-0.3, -0.25) is 0 Å². The van der Waals surface area contributed by atoms with Gasteiger partial charge in [0.15, 0.2) is 17.5 Å². The van der Waals surface area contributed by atoms with Crippen molar-refractivity contribution >= 4 is 78.8 Å². The van der Waals surface area contributed by atoms with E-state index < -0.39 is 0 Å². The summed E-state index contributed by atoms with van der Waals surface area (Å²) in [6.45, 7) is 27.4. The van der Waals surface area contributed by atoms with Gasteiger partial charge in [0.05, 0.1) is 0 Å². The Bertz CT molecular complexity index is 3580. The molecular formula is C69H66BN5. The van der Waals surface area contributed by atoms with Crippen LogP contribution in [-0.2, 0) is 21.7 Å². The zero-order valence-electron chi connectivity index (χ0n) is 45.6. The Morgan fingerprint density at radius 2 is 0.627 bits per heavy atom. The molecule has 0 aliphatic carbocycles. The molecule has 0 bridgehead atoms. The number of aromatic nitrogens is 3. The lowest BCUT2D eigenvalue weighted by Gasteiger charge is -2.45. The van der Waals surface area contributed by atoms with Crippen LogP contribution in [0.1, 0.15) is 105 Å². The number of hydrogen-bond acceptors (Lipinski definition) is 5. The summed E-state index contributed by atoms with van der Waals surface area (Å²) in [7, 11) is 0. The fraction of sp³-hybridized carbons (Fsp3) is 0.232. The van der Waals surface area contributed by atoms with E-state index in [-0.39, 0.29) is 28.4 Å². The standard InChI is InChI=1S/C69H66BN5/c1-66(2,3)48-35-45(36-49(41-48)67(4,5)6)63-71-64(46-37-50(68(7,8)9)42-51(38-46)69(10,11)12)73-65(72-63)47-39-58-62-59(40-47)75(53-27-17-14-18-28-53)57-34-32-44-24-20-22-30-55(44)61(57)70(62)60-54-29-21-19-23-43(54)31-33-56(60)74(58)52-25-15-13-16-26-52/h13-42H,1-12H3. The summed E-state index contributed by atoms with van der Waals surface area (Å²) in [5.41, 5.74) is 18.0. The molecule has 6 heteroatoms. The molecule has 2 aliphatic heterocycles. The second kappa shape index (κ2) is 17.4. The summed E-state index contributed by atoms with van der Waals surface area (Å²) in [5.74, 6) is 1.93. The van der Waals surface area contributed by atoms with Crippen LogP contribution >= 0.6 is 0 Å². The van der Waals surface area contributed by atoms with Gasteiger partial charge < -0.3 is 9.80 Å². The van der Waals surface area contributed by atoms with Crippen molar-refractivity contribution in [3.05, 3.63) is 204 Å². The maximum Gasteiger partial charge on any atom is 0.253 e. The van der Waals surface area contributed by atoms with Crippen molar-refractivity contribution < 1.29 is 0 Å². The molecule has 2 aliphatic rings. The summed E-state index contributed by atoms with van der Waals surface area (Å²) < 4.78 is 0. The number of rotatable bonds is 5. The predicted molar refractivity (Wildman–Crippen MR) is 320 cm³/mol. The van der Waals surface area contributed by atoms with E-state index in [4.69, 9.17) is 15.0 Å². The molecule has 0 atom stereocenters. The van der Waals surface area contributed by atoms with Crippen LogP contribution in [0.15, 0.2) is 182 Å². The van der Waals surface area contributed by atoms with Crippen LogP contribution < -0.4 is 26.2 Å². The molecule has 0 radical (unpaired) electrons. The molecular weight excluding hydrogens is 910 g/mol. The number of anilines is 6. The van der Waals surface area contributed by atoms with Gasteiger partial charge in [-0.1, -0.05) is 192 Å². The van der Waals surface area contributed by atoms with Gasteiger partial charge >= 0.3 is 0 Å². The van der Waals surface area contributed by atoms with Crippen LogP contribution in [0.25, 0.3) is 55.7 Å². The highest BCUT2D eigenvalue weighted by atomic mass is 15.2. The van der Waals surface area contributed by atoms with Gasteiger partial charge in [0.2, 0.25) is 0 Å². The van der Waals surface area contributed by atoms with Gasteiger partial charge in [-0.2, -0.15) is 0 Å². The fourth-order valence-electron chi connectivity index (χ4n) is 11.4. The lowest BCUT2D eigenvalue weighted by molar-refractivity contribution is 0.568. The van der Waals surface area contributed by atoms with Crippen molar-refractivity contribution in [2.45, 2.75) is 105 Å². The zero-order chi connectivity index (χ0) is 52.3. The summed E-state index contributed by atoms with van der Waals surface area (Å²) in [4.78, 5) is 21.8. The Kier molecular flexibility index (Phi) is 11.2. The minimum Gasteiger partial charge on any atom is -0.311 e. The number of nitrogens with zero attached hydrogens (tertiary/aromatic N) is 5. The third-order valence-corrected chi connectivity index (χ3v) is 15.6. The number of hydrogen-bond donors (Lipinski definition) is 0. The Labute approximate surface area is 444 Å². The van der Waals surface area contributed by atoms with Crippen molar-refractivity contribution in [1.82, 2.24) is 15.0 Å². The highest BCUT2D eigenvalue weighted by Crippen LogP contribution is 2.48. The predicted octanol–water partition coefficient (Wildman–Crippen LogP) is 16.5. The van der Waals surface area contributed by atoms with E-state index in [9.17, 15) is 0 Å². The van der Waals surface area contributed by atoms with Crippen molar-refractivity contribution in [2.24, 2.45) is 0 Å². The van der Waals surface area contributed by atoms with Crippen molar-refractivity contribution in [2.75, 3.05) is 9.80 Å². The quantitative estimate of drug-likeness (QED) is 0.161. The lowest BCUT2D eigenvalue weighted by atomic mass is 9.32. The SMILES string of the molecule is CC(C)(C)c1cc(-c2nc(-c3cc(C(C)(C)C)cc(C(C)(C)C)c3)nc(-c3cc4c5c(c3)N(c3ccccc3)c3ccc6ccccc6c3B5c3c(ccc5ccccc35)N4c3ccccc3)n2)cc(C(C)(C)C)c1. The van der Waals surface area contributed by atoms with E-state index in [0.717, 1.165) is 50.8 Å². The Hall–Kier alpha value is -7.83. The summed E-state index contributed by atoms with van der Waals surface area (Å²) >= 11 is 0. The van der Waals surface area contributed by atoms with Crippen LogP contribution in [0.4, 0.5) is 34.1 Å². The number of fused-ring (bicyclic) bond motifs is 8. The summed E-state index contributed by atoms with van der Waals surface area (Å²) in [6.07, 6.45) is 0. The van der Waals surface area contributed by atoms with Crippen LogP contribution in [0, 0.1) is 0 Å². The first-order valence-corrected chi connectivity index (χ1v) is 26.7. The first kappa shape index (κ1) is 48.1. The summed E-state index contributed by atoms with van der Waals surface area (Å²) in [6, 6.07) is 67.6. The Morgan fingerprint density at radius 1 is 0.307 bits per heavy atom. The third kappa shape index (κ3) is 8.40. The minimum absolute atomic E-state index is 0.109. The zero-order valence-corrected chi connectivity index (χ0v) is 45.6. The first-order valence-electron chi connectivity index (χ1n) is 26.7. The molecule has 5 nitrogen and oxygen atoms in total. The molecule has 0 unspecified atom stereocenters. The van der Waals surface area contributed by atoms with Crippen molar-refractivity contribution in [3.8, 4) is 34.2 Å². The highest BCUT2D eigenvalue weighted by Gasteiger charge is 2.45. The van der Waals surface area contributed by atoms with Crippen LogP contribution in [0.5, 0.6) is 0 Å². The molecule has 3 heterocycles. The van der Waals surface area contributed by atoms with E-state index in [2.05, 4.69) is 275 Å². The molecule has 0 spiro atoms. The molecule has 0 saturated heterocycles. The lowest BCUT2D eigenvalue weighted by Crippen LogP contribution is -2.61. The normalized spacial score (nSPS) is 13.5. The van der Waals surface area contributed by atoms with E-state index in [1.54, 1.807) is 0 Å². The largest absolute Gasteiger partial charge is 0.311 e. The molecule has 0 saturated carbocycles. The fourth-order valence-corrected chi connectivity index (χ4v) is 11.4. The molecule has 0 fully saturated rings. The van der Waals surface area contributed by atoms with Crippen LogP contribution in [-0.4, -0.2) is 21.7 Å². The average molecular weight is 976 g/mol. The highest BCUT2D eigenvalue weighted by molar-refractivity contribution is 7.03. The van der Waals surface area contributed by atoms with E-state index in [1.807, 2.05) is 0 Å². The van der Waals surface area contributed by atoms with Gasteiger partial charge in [-0.15, -0.1) is 0 Å². The van der Waals surface area contributed by atoms with Gasteiger partial charge in [0.1, 0.15) is 0 Å². The second-order valence-corrected chi connectivity index (χ2v) is 25.0. The van der Waals surface area contributed by atoms with Gasteiger partial charge in [0, 0.05) is 50.8 Å². The average Bonchev–Trinajstić information content (AvgIpc) is 3.39. The second-order valence-electron chi connectivity index (χ2n) is 25.0. The molecule has 75 heavy (non-hydrogen) atoms. The molecule has 0 amide bonds. The minimum atomic E-state index is -0.111. The molecule has 0 N–H and O–H groups in total. The van der Waals surface area contributed by atoms with Crippen molar-refractivity contribution in [3.63, 3.8) is 0 Å². The monoisotopic (exact) mass is 976 g/mol. The molecule has 1 aromatic heterocycles. The summed E-state index contributed by atoms with van der Waals surface area (Å²) in [5, 5.41) is 4.94. The van der Waals surface area contributed by atoms with Gasteiger partial charge in [-0.05, 0) is 155 Å². The molecule has 12 rings (SSSR count). The number of benzene rings is 9. The molecule has 370 valence electrons. The van der Waals surface area contributed by atoms with Gasteiger partial charge in [-0.25, -0.2) is 15.0 Å².